The molecule has 1 unspecified atom stereocenters. The van der Waals surface area contributed by atoms with Gasteiger partial charge in [-0.05, 0) is 37.1 Å². The first-order valence-electron chi connectivity index (χ1n) is 5.29. The zero-order valence-electron chi connectivity index (χ0n) is 9.59. The standard InChI is InChI=1S/C12H17FN2O/c1-8(6-14)7-15-12(16)11-5-10(13)4-3-9(11)2/h3-5,8H,6-7,14H2,1-2H3,(H,15,16). The molecule has 88 valence electrons. The predicted molar refractivity (Wildman–Crippen MR) is 61.7 cm³/mol. The van der Waals surface area contributed by atoms with Crippen LogP contribution in [0.1, 0.15) is 22.8 Å². The van der Waals surface area contributed by atoms with Crippen molar-refractivity contribution in [1.29, 1.82) is 0 Å². The molecule has 0 saturated carbocycles. The minimum Gasteiger partial charge on any atom is -0.352 e. The van der Waals surface area contributed by atoms with Crippen LogP contribution in [0.25, 0.3) is 0 Å². The van der Waals surface area contributed by atoms with Crippen molar-refractivity contribution >= 4 is 5.91 Å². The summed E-state index contributed by atoms with van der Waals surface area (Å²) in [5.41, 5.74) is 6.58. The van der Waals surface area contributed by atoms with E-state index in [0.717, 1.165) is 5.56 Å². The first-order chi connectivity index (χ1) is 7.54. The van der Waals surface area contributed by atoms with Crippen molar-refractivity contribution in [2.45, 2.75) is 13.8 Å². The number of nitrogens with two attached hydrogens (primary N) is 1. The van der Waals surface area contributed by atoms with Crippen LogP contribution in [0.2, 0.25) is 0 Å². The third kappa shape index (κ3) is 3.31. The molecule has 1 aromatic carbocycles. The first kappa shape index (κ1) is 12.6. The smallest absolute Gasteiger partial charge is 0.251 e. The van der Waals surface area contributed by atoms with Crippen LogP contribution >= 0.6 is 0 Å². The molecule has 0 aliphatic heterocycles. The minimum absolute atomic E-state index is 0.220. The summed E-state index contributed by atoms with van der Waals surface area (Å²) in [6.07, 6.45) is 0. The zero-order chi connectivity index (χ0) is 12.1. The Morgan fingerprint density at radius 1 is 1.56 bits per heavy atom. The molecule has 0 radical (unpaired) electrons. The highest BCUT2D eigenvalue weighted by atomic mass is 19.1. The van der Waals surface area contributed by atoms with E-state index in [-0.39, 0.29) is 11.8 Å². The predicted octanol–water partition coefficient (Wildman–Crippen LogP) is 1.46. The molecule has 3 nitrogen and oxygen atoms in total. The van der Waals surface area contributed by atoms with Crippen molar-refractivity contribution in [2.24, 2.45) is 11.7 Å². The van der Waals surface area contributed by atoms with Gasteiger partial charge < -0.3 is 11.1 Å². The van der Waals surface area contributed by atoms with Crippen LogP contribution in [-0.2, 0) is 0 Å². The summed E-state index contributed by atoms with van der Waals surface area (Å²) in [4.78, 5) is 11.7. The minimum atomic E-state index is -0.400. The number of hydrogen-bond acceptors (Lipinski definition) is 2. The second-order valence-electron chi connectivity index (χ2n) is 4.01. The van der Waals surface area contributed by atoms with Gasteiger partial charge in [-0.2, -0.15) is 0 Å². The van der Waals surface area contributed by atoms with Crippen LogP contribution in [0.3, 0.4) is 0 Å². The topological polar surface area (TPSA) is 55.1 Å². The third-order valence-corrected chi connectivity index (χ3v) is 2.46. The van der Waals surface area contributed by atoms with Gasteiger partial charge in [0.05, 0.1) is 0 Å². The summed E-state index contributed by atoms with van der Waals surface area (Å²) in [5.74, 6) is -0.433. The Bertz CT molecular complexity index is 379. The molecule has 0 bridgehead atoms. The van der Waals surface area contributed by atoms with Crippen molar-refractivity contribution in [3.63, 3.8) is 0 Å². The lowest BCUT2D eigenvalue weighted by molar-refractivity contribution is 0.0947. The summed E-state index contributed by atoms with van der Waals surface area (Å²) >= 11 is 0. The van der Waals surface area contributed by atoms with Crippen molar-refractivity contribution in [3.05, 3.63) is 35.1 Å². The highest BCUT2D eigenvalue weighted by Gasteiger charge is 2.10. The summed E-state index contributed by atoms with van der Waals surface area (Å²) in [6.45, 7) is 4.74. The monoisotopic (exact) mass is 224 g/mol. The quantitative estimate of drug-likeness (QED) is 0.813. The lowest BCUT2D eigenvalue weighted by Crippen LogP contribution is -2.31. The van der Waals surface area contributed by atoms with Crippen molar-refractivity contribution in [2.75, 3.05) is 13.1 Å². The number of halogens is 1. The molecule has 0 saturated heterocycles. The Kier molecular flexibility index (Phi) is 4.43. The molecule has 0 aliphatic rings. The van der Waals surface area contributed by atoms with E-state index in [1.165, 1.54) is 12.1 Å². The van der Waals surface area contributed by atoms with E-state index >= 15 is 0 Å². The Morgan fingerprint density at radius 2 is 2.25 bits per heavy atom. The van der Waals surface area contributed by atoms with Gasteiger partial charge in [-0.3, -0.25) is 4.79 Å². The van der Waals surface area contributed by atoms with E-state index in [4.69, 9.17) is 5.73 Å². The number of hydrogen-bond donors (Lipinski definition) is 2. The molecule has 1 aromatic rings. The molecule has 1 atom stereocenters. The molecule has 0 heterocycles. The SMILES string of the molecule is Cc1ccc(F)cc1C(=O)NCC(C)CN. The Hall–Kier alpha value is -1.42. The van der Waals surface area contributed by atoms with Crippen LogP contribution in [-0.4, -0.2) is 19.0 Å². The van der Waals surface area contributed by atoms with E-state index < -0.39 is 5.82 Å². The van der Waals surface area contributed by atoms with Gasteiger partial charge in [-0.1, -0.05) is 13.0 Å². The van der Waals surface area contributed by atoms with Crippen LogP contribution in [0, 0.1) is 18.7 Å². The van der Waals surface area contributed by atoms with Gasteiger partial charge in [0.25, 0.3) is 5.91 Å². The second kappa shape index (κ2) is 5.61. The van der Waals surface area contributed by atoms with Crippen LogP contribution < -0.4 is 11.1 Å². The molecular formula is C12H17FN2O. The van der Waals surface area contributed by atoms with E-state index in [2.05, 4.69) is 5.32 Å². The molecule has 16 heavy (non-hydrogen) atoms. The average molecular weight is 224 g/mol. The molecule has 0 aliphatic carbocycles. The highest BCUT2D eigenvalue weighted by Crippen LogP contribution is 2.10. The third-order valence-electron chi connectivity index (χ3n) is 2.46. The molecule has 3 N–H and O–H groups in total. The molecule has 0 spiro atoms. The Labute approximate surface area is 94.8 Å². The van der Waals surface area contributed by atoms with Gasteiger partial charge in [-0.15, -0.1) is 0 Å². The average Bonchev–Trinajstić information content (AvgIpc) is 2.28. The lowest BCUT2D eigenvalue weighted by Gasteiger charge is -2.11. The largest absolute Gasteiger partial charge is 0.352 e. The van der Waals surface area contributed by atoms with E-state index in [0.29, 0.717) is 18.7 Å². The Morgan fingerprint density at radius 3 is 2.88 bits per heavy atom. The highest BCUT2D eigenvalue weighted by molar-refractivity contribution is 5.95. The lowest BCUT2D eigenvalue weighted by atomic mass is 10.1. The number of rotatable bonds is 4. The zero-order valence-corrected chi connectivity index (χ0v) is 9.59. The number of carbonyl (C=O) groups is 1. The number of carbonyl (C=O) groups excluding carboxylic acids is 1. The molecule has 1 rings (SSSR count). The summed E-state index contributed by atoms with van der Waals surface area (Å²) < 4.78 is 13.0. The fourth-order valence-corrected chi connectivity index (χ4v) is 1.28. The second-order valence-corrected chi connectivity index (χ2v) is 4.01. The van der Waals surface area contributed by atoms with Gasteiger partial charge in [-0.25, -0.2) is 4.39 Å². The van der Waals surface area contributed by atoms with Gasteiger partial charge in [0, 0.05) is 12.1 Å². The fraction of sp³-hybridized carbons (Fsp3) is 0.417. The molecule has 1 amide bonds. The number of benzene rings is 1. The molecule has 4 heteroatoms. The number of amides is 1. The maximum Gasteiger partial charge on any atom is 0.251 e. The van der Waals surface area contributed by atoms with Crippen LogP contribution in [0.15, 0.2) is 18.2 Å². The maximum atomic E-state index is 13.0. The van der Waals surface area contributed by atoms with Gasteiger partial charge in [0.1, 0.15) is 5.82 Å². The van der Waals surface area contributed by atoms with Crippen molar-refractivity contribution in [1.82, 2.24) is 5.32 Å². The van der Waals surface area contributed by atoms with Gasteiger partial charge in [0.2, 0.25) is 0 Å². The fourth-order valence-electron chi connectivity index (χ4n) is 1.28. The molecular weight excluding hydrogens is 207 g/mol. The van der Waals surface area contributed by atoms with E-state index in [9.17, 15) is 9.18 Å². The Balaban J connectivity index is 2.69. The normalized spacial score (nSPS) is 12.2. The van der Waals surface area contributed by atoms with Crippen molar-refractivity contribution < 1.29 is 9.18 Å². The maximum absolute atomic E-state index is 13.0. The van der Waals surface area contributed by atoms with Crippen molar-refractivity contribution in [3.8, 4) is 0 Å². The van der Waals surface area contributed by atoms with Crippen LogP contribution in [0.5, 0.6) is 0 Å². The van der Waals surface area contributed by atoms with Gasteiger partial charge >= 0.3 is 0 Å². The van der Waals surface area contributed by atoms with E-state index in [1.54, 1.807) is 13.0 Å². The summed E-state index contributed by atoms with van der Waals surface area (Å²) in [6, 6.07) is 4.18. The number of nitrogens with one attached hydrogen (secondary N) is 1. The summed E-state index contributed by atoms with van der Waals surface area (Å²) in [5, 5.41) is 2.73. The summed E-state index contributed by atoms with van der Waals surface area (Å²) in [7, 11) is 0. The molecule has 0 fully saturated rings. The van der Waals surface area contributed by atoms with E-state index in [1.807, 2.05) is 6.92 Å². The van der Waals surface area contributed by atoms with Gasteiger partial charge in [0.15, 0.2) is 0 Å². The number of aryl methyl sites for hydroxylation is 1. The molecule has 0 aromatic heterocycles. The first-order valence-corrected chi connectivity index (χ1v) is 5.29. The van der Waals surface area contributed by atoms with Crippen LogP contribution in [0.4, 0.5) is 4.39 Å².